The number of likely N-dealkylation sites (N-methyl/N-ethyl adjacent to an activating group) is 1. The minimum atomic E-state index is -0.232. The molecule has 1 saturated heterocycles. The predicted octanol–water partition coefficient (Wildman–Crippen LogP) is 4.90. The highest BCUT2D eigenvalue weighted by atomic mass is 35.5. The molecule has 0 radical (unpaired) electrons. The van der Waals surface area contributed by atoms with Gasteiger partial charge in [-0.15, -0.1) is 0 Å². The summed E-state index contributed by atoms with van der Waals surface area (Å²) >= 11 is 6.29. The highest BCUT2D eigenvalue weighted by molar-refractivity contribution is 6.34. The van der Waals surface area contributed by atoms with E-state index in [1.54, 1.807) is 18.2 Å². The Labute approximate surface area is 173 Å². The third-order valence-corrected chi connectivity index (χ3v) is 6.66. The van der Waals surface area contributed by atoms with Gasteiger partial charge in [-0.25, -0.2) is 0 Å². The van der Waals surface area contributed by atoms with Crippen molar-refractivity contribution in [2.24, 2.45) is 5.92 Å². The van der Waals surface area contributed by atoms with E-state index in [1.807, 2.05) is 18.2 Å². The molecule has 0 spiro atoms. The Morgan fingerprint density at radius 1 is 1.29 bits per heavy atom. The molecule has 3 unspecified atom stereocenters. The summed E-state index contributed by atoms with van der Waals surface area (Å²) in [6, 6.07) is 15.2. The number of likely N-dealkylation sites (tertiary alicyclic amines) is 1. The largest absolute Gasteiger partial charge is 0.398 e. The van der Waals surface area contributed by atoms with E-state index in [0.717, 1.165) is 24.9 Å². The molecule has 0 aromatic heterocycles. The topological polar surface area (TPSA) is 58.4 Å². The highest BCUT2D eigenvalue weighted by Crippen LogP contribution is 2.40. The maximum atomic E-state index is 13.2. The predicted molar refractivity (Wildman–Crippen MR) is 117 cm³/mol. The average molecular weight is 400 g/mol. The summed E-state index contributed by atoms with van der Waals surface area (Å²) < 4.78 is 0. The molecule has 2 aromatic carbocycles. The molecule has 1 aliphatic heterocycles. The number of nitrogen functional groups attached to an aromatic ring is 1. The molecule has 0 bridgehead atoms. The van der Waals surface area contributed by atoms with Crippen LogP contribution in [0.15, 0.2) is 48.5 Å². The highest BCUT2D eigenvalue weighted by Gasteiger charge is 2.43. The number of amides is 1. The molecule has 3 atom stereocenters. The van der Waals surface area contributed by atoms with Crippen molar-refractivity contribution in [2.75, 3.05) is 19.3 Å². The normalized spacial score (nSPS) is 23.9. The Kier molecular flexibility index (Phi) is 6.31. The molecule has 3 N–H and O–H groups in total. The van der Waals surface area contributed by atoms with E-state index in [9.17, 15) is 4.79 Å². The van der Waals surface area contributed by atoms with Gasteiger partial charge in [-0.1, -0.05) is 61.3 Å². The molecular weight excluding hydrogens is 370 g/mol. The summed E-state index contributed by atoms with van der Waals surface area (Å²) in [5.74, 6) is 0.466. The monoisotopic (exact) mass is 399 g/mol. The fraction of sp³-hybridized carbons (Fsp3) is 0.435. The molecular formula is C23H30ClN3O. The first kappa shape index (κ1) is 20.7. The van der Waals surface area contributed by atoms with E-state index in [1.165, 1.54) is 6.42 Å². The Morgan fingerprint density at radius 3 is 2.61 bits per heavy atom. The van der Waals surface area contributed by atoms with E-state index < -0.39 is 0 Å². The number of rotatable bonds is 5. The van der Waals surface area contributed by atoms with Gasteiger partial charge in [0.2, 0.25) is 0 Å². The van der Waals surface area contributed by atoms with Crippen LogP contribution in [-0.4, -0.2) is 29.9 Å². The minimum Gasteiger partial charge on any atom is -0.398 e. The van der Waals surface area contributed by atoms with Crippen LogP contribution in [-0.2, 0) is 0 Å². The summed E-state index contributed by atoms with van der Waals surface area (Å²) in [6.45, 7) is 5.52. The van der Waals surface area contributed by atoms with Gasteiger partial charge in [0.25, 0.3) is 5.91 Å². The Balaban J connectivity index is 1.96. The smallest absolute Gasteiger partial charge is 0.255 e. The van der Waals surface area contributed by atoms with Crippen molar-refractivity contribution >= 4 is 23.2 Å². The van der Waals surface area contributed by atoms with Crippen LogP contribution >= 0.6 is 11.6 Å². The molecule has 1 fully saturated rings. The van der Waals surface area contributed by atoms with Gasteiger partial charge in [0.05, 0.1) is 16.6 Å². The number of halogens is 1. The van der Waals surface area contributed by atoms with Crippen molar-refractivity contribution in [3.8, 4) is 0 Å². The van der Waals surface area contributed by atoms with E-state index >= 15 is 0 Å². The number of piperidine rings is 1. The molecule has 1 aliphatic rings. The van der Waals surface area contributed by atoms with Crippen molar-refractivity contribution in [1.29, 1.82) is 0 Å². The Bertz CT molecular complexity index is 806. The number of carbonyl (C=O) groups is 1. The maximum Gasteiger partial charge on any atom is 0.255 e. The fourth-order valence-corrected chi connectivity index (χ4v) is 4.57. The number of nitrogens with one attached hydrogen (secondary N) is 1. The van der Waals surface area contributed by atoms with Crippen molar-refractivity contribution in [2.45, 2.75) is 44.7 Å². The van der Waals surface area contributed by atoms with E-state index in [-0.39, 0.29) is 17.5 Å². The van der Waals surface area contributed by atoms with Crippen LogP contribution in [0.25, 0.3) is 0 Å². The van der Waals surface area contributed by atoms with Crippen LogP contribution in [0.1, 0.15) is 55.1 Å². The van der Waals surface area contributed by atoms with Gasteiger partial charge in [-0.05, 0) is 50.4 Å². The maximum absolute atomic E-state index is 13.2. The lowest BCUT2D eigenvalue weighted by Crippen LogP contribution is -2.57. The molecule has 0 aliphatic carbocycles. The van der Waals surface area contributed by atoms with Gasteiger partial charge in [-0.2, -0.15) is 0 Å². The number of nitrogens with zero attached hydrogens (tertiary/aromatic N) is 1. The van der Waals surface area contributed by atoms with Crippen LogP contribution in [0.4, 0.5) is 5.69 Å². The van der Waals surface area contributed by atoms with E-state index in [4.69, 9.17) is 17.3 Å². The SMILES string of the molecule is CCC1CCC(C)(C(NC(=O)c2c(N)cccc2Cl)c2ccccc2)N(C)C1. The van der Waals surface area contributed by atoms with Crippen LogP contribution in [0.2, 0.25) is 5.02 Å². The molecule has 3 rings (SSSR count). The zero-order valence-corrected chi connectivity index (χ0v) is 17.7. The molecule has 2 aromatic rings. The molecule has 1 heterocycles. The summed E-state index contributed by atoms with van der Waals surface area (Å²) in [6.07, 6.45) is 3.35. The number of hydrogen-bond donors (Lipinski definition) is 2. The third-order valence-electron chi connectivity index (χ3n) is 6.34. The summed E-state index contributed by atoms with van der Waals surface area (Å²) in [7, 11) is 2.16. The zero-order chi connectivity index (χ0) is 20.3. The van der Waals surface area contributed by atoms with Gasteiger partial charge >= 0.3 is 0 Å². The molecule has 0 saturated carbocycles. The first-order valence-electron chi connectivity index (χ1n) is 9.97. The summed E-state index contributed by atoms with van der Waals surface area (Å²) in [4.78, 5) is 15.6. The number of anilines is 1. The number of carbonyl (C=O) groups excluding carboxylic acids is 1. The second-order valence-electron chi connectivity index (χ2n) is 8.07. The van der Waals surface area contributed by atoms with Crippen molar-refractivity contribution in [1.82, 2.24) is 10.2 Å². The number of hydrogen-bond acceptors (Lipinski definition) is 3. The van der Waals surface area contributed by atoms with Crippen molar-refractivity contribution in [3.63, 3.8) is 0 Å². The second-order valence-corrected chi connectivity index (χ2v) is 8.48. The third kappa shape index (κ3) is 4.03. The fourth-order valence-electron chi connectivity index (χ4n) is 4.30. The lowest BCUT2D eigenvalue weighted by atomic mass is 9.75. The lowest BCUT2D eigenvalue weighted by Gasteiger charge is -2.50. The van der Waals surface area contributed by atoms with Gasteiger partial charge in [-0.3, -0.25) is 9.69 Å². The van der Waals surface area contributed by atoms with E-state index in [2.05, 4.69) is 43.2 Å². The molecule has 1 amide bonds. The number of nitrogens with two attached hydrogens (primary N) is 1. The van der Waals surface area contributed by atoms with Gasteiger partial charge in [0.1, 0.15) is 0 Å². The molecule has 28 heavy (non-hydrogen) atoms. The summed E-state index contributed by atoms with van der Waals surface area (Å²) in [5, 5.41) is 3.63. The zero-order valence-electron chi connectivity index (χ0n) is 16.9. The van der Waals surface area contributed by atoms with Crippen molar-refractivity contribution in [3.05, 3.63) is 64.7 Å². The van der Waals surface area contributed by atoms with Crippen molar-refractivity contribution < 1.29 is 4.79 Å². The quantitative estimate of drug-likeness (QED) is 0.702. The van der Waals surface area contributed by atoms with Gasteiger partial charge < -0.3 is 11.1 Å². The Hall–Kier alpha value is -2.04. The van der Waals surface area contributed by atoms with Crippen LogP contribution in [0.3, 0.4) is 0 Å². The van der Waals surface area contributed by atoms with Crippen LogP contribution < -0.4 is 11.1 Å². The Morgan fingerprint density at radius 2 is 2.00 bits per heavy atom. The standard InChI is InChI=1S/C23H30ClN3O/c1-4-16-13-14-23(2,27(3)15-16)21(17-9-6-5-7-10-17)26-22(28)20-18(24)11-8-12-19(20)25/h5-12,16,21H,4,13-15,25H2,1-3H3,(H,26,28). The lowest BCUT2D eigenvalue weighted by molar-refractivity contribution is 0.0229. The first-order valence-corrected chi connectivity index (χ1v) is 10.4. The minimum absolute atomic E-state index is 0.167. The van der Waals surface area contributed by atoms with Crippen LogP contribution in [0.5, 0.6) is 0 Å². The van der Waals surface area contributed by atoms with E-state index in [0.29, 0.717) is 22.2 Å². The molecule has 150 valence electrons. The van der Waals surface area contributed by atoms with Gasteiger partial charge in [0.15, 0.2) is 0 Å². The second kappa shape index (κ2) is 8.54. The number of benzene rings is 2. The summed E-state index contributed by atoms with van der Waals surface area (Å²) in [5.41, 5.74) is 7.69. The van der Waals surface area contributed by atoms with Crippen LogP contribution in [0, 0.1) is 5.92 Å². The average Bonchev–Trinajstić information content (AvgIpc) is 2.69. The first-order chi connectivity index (χ1) is 13.4. The van der Waals surface area contributed by atoms with Gasteiger partial charge in [0, 0.05) is 17.8 Å². The molecule has 5 heteroatoms. The molecule has 4 nitrogen and oxygen atoms in total.